The summed E-state index contributed by atoms with van der Waals surface area (Å²) in [4.78, 5) is 14.2. The van der Waals surface area contributed by atoms with Crippen molar-refractivity contribution in [3.63, 3.8) is 0 Å². The van der Waals surface area contributed by atoms with Gasteiger partial charge in [0.05, 0.1) is 17.4 Å². The number of hydrogen-bond acceptors (Lipinski definition) is 3. The van der Waals surface area contributed by atoms with Crippen LogP contribution >= 0.6 is 0 Å². The monoisotopic (exact) mass is 345 g/mol. The molecule has 6 heteroatoms. The Morgan fingerprint density at radius 1 is 1.08 bits per heavy atom. The molecule has 0 saturated heterocycles. The predicted octanol–water partition coefficient (Wildman–Crippen LogP) is 2.78. The Hall–Kier alpha value is -2.47. The first kappa shape index (κ1) is 16.4. The lowest BCUT2D eigenvalue weighted by atomic mass is 10.1. The van der Waals surface area contributed by atoms with E-state index in [1.54, 1.807) is 6.07 Å². The summed E-state index contributed by atoms with van der Waals surface area (Å²) in [6.45, 7) is 0.207. The van der Waals surface area contributed by atoms with Gasteiger partial charge in [-0.15, -0.1) is 0 Å². The summed E-state index contributed by atoms with van der Waals surface area (Å²) in [6, 6.07) is 14.3. The molecule has 24 heavy (non-hydrogen) atoms. The molecular weight excluding hydrogens is 329 g/mol. The van der Waals surface area contributed by atoms with Crippen molar-refractivity contribution in [2.75, 3.05) is 5.75 Å². The maximum atomic E-state index is 14.0. The molecule has 0 aromatic heterocycles. The van der Waals surface area contributed by atoms with Crippen LogP contribution in [0, 0.1) is 5.82 Å². The highest BCUT2D eigenvalue weighted by Gasteiger charge is 2.31. The van der Waals surface area contributed by atoms with Gasteiger partial charge in [-0.2, -0.15) is 0 Å². The molecule has 1 heterocycles. The van der Waals surface area contributed by atoms with Gasteiger partial charge in [0.2, 0.25) is 0 Å². The standard InChI is InChI=1S/C18H16FNO3S/c19-17-9-5-4-8-16(17)18(21)20(12-14-6-2-1-3-7-14)15-10-11-24(22,23)13-15/h1-11,15H,12-13H2/t15-/m1/s1. The van der Waals surface area contributed by atoms with Crippen LogP contribution in [0.5, 0.6) is 0 Å². The smallest absolute Gasteiger partial charge is 0.257 e. The van der Waals surface area contributed by atoms with Gasteiger partial charge in [-0.05, 0) is 23.8 Å². The van der Waals surface area contributed by atoms with E-state index in [1.165, 1.54) is 29.2 Å². The minimum absolute atomic E-state index is 0.0638. The summed E-state index contributed by atoms with van der Waals surface area (Å²) in [5.74, 6) is -1.32. The minimum atomic E-state index is -3.33. The van der Waals surface area contributed by atoms with Crippen molar-refractivity contribution in [3.05, 3.63) is 83.0 Å². The fourth-order valence-corrected chi connectivity index (χ4v) is 3.96. The summed E-state index contributed by atoms with van der Waals surface area (Å²) in [7, 11) is -3.33. The van der Waals surface area contributed by atoms with E-state index in [0.29, 0.717) is 0 Å². The maximum Gasteiger partial charge on any atom is 0.257 e. The Labute approximate surface area is 140 Å². The van der Waals surface area contributed by atoms with Gasteiger partial charge < -0.3 is 4.90 Å². The van der Waals surface area contributed by atoms with E-state index in [9.17, 15) is 17.6 Å². The summed E-state index contributed by atoms with van der Waals surface area (Å²) in [5.41, 5.74) is 0.783. The first-order valence-electron chi connectivity index (χ1n) is 7.47. The Morgan fingerprint density at radius 2 is 1.75 bits per heavy atom. The average Bonchev–Trinajstić information content (AvgIpc) is 2.93. The van der Waals surface area contributed by atoms with Gasteiger partial charge in [-0.3, -0.25) is 4.79 Å². The van der Waals surface area contributed by atoms with Gasteiger partial charge in [0.15, 0.2) is 9.84 Å². The van der Waals surface area contributed by atoms with E-state index < -0.39 is 27.6 Å². The lowest BCUT2D eigenvalue weighted by molar-refractivity contribution is 0.0708. The molecule has 2 aromatic rings. The van der Waals surface area contributed by atoms with E-state index in [-0.39, 0.29) is 17.9 Å². The van der Waals surface area contributed by atoms with E-state index in [0.717, 1.165) is 11.0 Å². The van der Waals surface area contributed by atoms with Gasteiger partial charge >= 0.3 is 0 Å². The first-order chi connectivity index (χ1) is 11.5. The van der Waals surface area contributed by atoms with E-state index in [1.807, 2.05) is 30.3 Å². The van der Waals surface area contributed by atoms with E-state index >= 15 is 0 Å². The number of sulfone groups is 1. The second-order valence-electron chi connectivity index (χ2n) is 5.62. The fraction of sp³-hybridized carbons (Fsp3) is 0.167. The molecule has 2 aromatic carbocycles. The van der Waals surface area contributed by atoms with Crippen LogP contribution in [0.15, 0.2) is 66.1 Å². The molecule has 0 N–H and O–H groups in total. The SMILES string of the molecule is O=C(c1ccccc1F)N(Cc1ccccc1)[C@@H]1C=CS(=O)(=O)C1. The van der Waals surface area contributed by atoms with Crippen LogP contribution < -0.4 is 0 Å². The van der Waals surface area contributed by atoms with Crippen LogP contribution in [0.2, 0.25) is 0 Å². The van der Waals surface area contributed by atoms with Crippen molar-refractivity contribution in [1.82, 2.24) is 4.90 Å². The molecule has 0 saturated carbocycles. The maximum absolute atomic E-state index is 14.0. The van der Waals surface area contributed by atoms with Crippen molar-refractivity contribution >= 4 is 15.7 Å². The van der Waals surface area contributed by atoms with Gasteiger partial charge in [0.1, 0.15) is 5.82 Å². The summed E-state index contributed by atoms with van der Waals surface area (Å²) >= 11 is 0. The Kier molecular flexibility index (Phi) is 4.49. The van der Waals surface area contributed by atoms with Crippen LogP contribution in [0.25, 0.3) is 0 Å². The molecule has 0 spiro atoms. The van der Waals surface area contributed by atoms with Gasteiger partial charge in [-0.25, -0.2) is 12.8 Å². The molecule has 1 atom stereocenters. The molecule has 4 nitrogen and oxygen atoms in total. The molecule has 0 bridgehead atoms. The number of benzene rings is 2. The lowest BCUT2D eigenvalue weighted by Gasteiger charge is -2.28. The van der Waals surface area contributed by atoms with Crippen LogP contribution in [0.1, 0.15) is 15.9 Å². The number of rotatable bonds is 4. The fourth-order valence-electron chi connectivity index (χ4n) is 2.66. The second kappa shape index (κ2) is 6.57. The summed E-state index contributed by atoms with van der Waals surface area (Å²) in [5, 5.41) is 1.12. The molecule has 0 aliphatic carbocycles. The van der Waals surface area contributed by atoms with Crippen molar-refractivity contribution in [2.45, 2.75) is 12.6 Å². The highest BCUT2D eigenvalue weighted by Crippen LogP contribution is 2.21. The molecule has 0 unspecified atom stereocenters. The van der Waals surface area contributed by atoms with Crippen LogP contribution in [-0.2, 0) is 16.4 Å². The minimum Gasteiger partial charge on any atom is -0.327 e. The third-order valence-electron chi connectivity index (χ3n) is 3.87. The zero-order valence-corrected chi connectivity index (χ0v) is 13.6. The number of carbonyl (C=O) groups is 1. The highest BCUT2D eigenvalue weighted by molar-refractivity contribution is 7.94. The van der Waals surface area contributed by atoms with Crippen molar-refractivity contribution in [1.29, 1.82) is 0 Å². The van der Waals surface area contributed by atoms with Crippen molar-refractivity contribution in [3.8, 4) is 0 Å². The van der Waals surface area contributed by atoms with Gasteiger partial charge in [-0.1, -0.05) is 42.5 Å². The quantitative estimate of drug-likeness (QED) is 0.856. The van der Waals surface area contributed by atoms with Crippen LogP contribution in [0.3, 0.4) is 0 Å². The van der Waals surface area contributed by atoms with E-state index in [2.05, 4.69) is 0 Å². The number of nitrogens with zero attached hydrogens (tertiary/aromatic N) is 1. The normalized spacial score (nSPS) is 18.5. The first-order valence-corrected chi connectivity index (χ1v) is 9.18. The molecule has 3 rings (SSSR count). The lowest BCUT2D eigenvalue weighted by Crippen LogP contribution is -2.40. The predicted molar refractivity (Wildman–Crippen MR) is 89.4 cm³/mol. The van der Waals surface area contributed by atoms with Gasteiger partial charge in [0.25, 0.3) is 5.91 Å². The molecule has 124 valence electrons. The average molecular weight is 345 g/mol. The topological polar surface area (TPSA) is 54.5 Å². The molecule has 1 amide bonds. The molecular formula is C18H16FNO3S. The Morgan fingerprint density at radius 3 is 2.38 bits per heavy atom. The zero-order chi connectivity index (χ0) is 17.2. The number of halogens is 1. The molecule has 1 aliphatic rings. The van der Waals surface area contributed by atoms with Crippen molar-refractivity contribution in [2.24, 2.45) is 0 Å². The number of amides is 1. The van der Waals surface area contributed by atoms with Crippen LogP contribution in [0.4, 0.5) is 4.39 Å². The largest absolute Gasteiger partial charge is 0.327 e. The van der Waals surface area contributed by atoms with Gasteiger partial charge in [0, 0.05) is 12.0 Å². The summed E-state index contributed by atoms with van der Waals surface area (Å²) in [6.07, 6.45) is 1.48. The van der Waals surface area contributed by atoms with E-state index in [4.69, 9.17) is 0 Å². The third kappa shape index (κ3) is 3.54. The Bertz CT molecular complexity index is 878. The third-order valence-corrected chi connectivity index (χ3v) is 5.25. The highest BCUT2D eigenvalue weighted by atomic mass is 32.2. The summed E-state index contributed by atoms with van der Waals surface area (Å²) < 4.78 is 37.4. The molecule has 0 radical (unpaired) electrons. The molecule has 1 aliphatic heterocycles. The van der Waals surface area contributed by atoms with Crippen LogP contribution in [-0.4, -0.2) is 31.0 Å². The number of carbonyl (C=O) groups excluding carboxylic acids is 1. The van der Waals surface area contributed by atoms with Crippen molar-refractivity contribution < 1.29 is 17.6 Å². The molecule has 0 fully saturated rings. The number of hydrogen-bond donors (Lipinski definition) is 0. The second-order valence-corrected chi connectivity index (χ2v) is 7.56. The Balaban J connectivity index is 1.94. The zero-order valence-electron chi connectivity index (χ0n) is 12.8.